The van der Waals surface area contributed by atoms with Gasteiger partial charge in [-0.15, -0.1) is 0 Å². The van der Waals surface area contributed by atoms with Crippen molar-refractivity contribution in [3.05, 3.63) is 59.9 Å². The molecule has 0 unspecified atom stereocenters. The van der Waals surface area contributed by atoms with Crippen molar-refractivity contribution in [3.63, 3.8) is 0 Å². The van der Waals surface area contributed by atoms with E-state index in [0.29, 0.717) is 0 Å². The highest BCUT2D eigenvalue weighted by molar-refractivity contribution is 7.89. The molecule has 7 nitrogen and oxygen atoms in total. The molecule has 0 bridgehead atoms. The number of halogens is 1. The Morgan fingerprint density at radius 2 is 1.83 bits per heavy atom. The van der Waals surface area contributed by atoms with Gasteiger partial charge in [0.2, 0.25) is 21.8 Å². The number of carbonyl (C=O) groups is 2. The standard InChI is InChI=1S/C20H22FN3O4S/c1-14-6-8-16(9-7-14)29(27,28)23-11-10-22-20(26)15-12-19(25)24(13-15)18-5-3-2-4-17(18)21/h2-9,15,23H,10-13H2,1H3,(H,22,26)/t15-/m1/s1. The molecule has 1 atom stereocenters. The molecule has 0 aliphatic carbocycles. The number of nitrogens with one attached hydrogen (secondary N) is 2. The SMILES string of the molecule is Cc1ccc(S(=O)(=O)NCCNC(=O)[C@@H]2CC(=O)N(c3ccccc3F)C2)cc1. The van der Waals surface area contributed by atoms with Crippen molar-refractivity contribution in [1.29, 1.82) is 0 Å². The third kappa shape index (κ3) is 4.99. The summed E-state index contributed by atoms with van der Waals surface area (Å²) in [6, 6.07) is 12.3. The Kier molecular flexibility index (Phi) is 6.29. The van der Waals surface area contributed by atoms with Gasteiger partial charge >= 0.3 is 0 Å². The molecule has 1 fully saturated rings. The van der Waals surface area contributed by atoms with E-state index in [-0.39, 0.29) is 48.5 Å². The number of para-hydroxylation sites is 1. The average Bonchev–Trinajstić information content (AvgIpc) is 3.07. The Morgan fingerprint density at radius 3 is 2.52 bits per heavy atom. The van der Waals surface area contributed by atoms with Gasteiger partial charge in [0.1, 0.15) is 5.82 Å². The molecule has 1 aliphatic heterocycles. The lowest BCUT2D eigenvalue weighted by molar-refractivity contribution is -0.126. The monoisotopic (exact) mass is 419 g/mol. The number of hydrogen-bond acceptors (Lipinski definition) is 4. The maximum atomic E-state index is 13.9. The second-order valence-electron chi connectivity index (χ2n) is 6.86. The van der Waals surface area contributed by atoms with Crippen molar-refractivity contribution >= 4 is 27.5 Å². The molecule has 0 saturated carbocycles. The Morgan fingerprint density at radius 1 is 1.14 bits per heavy atom. The van der Waals surface area contributed by atoms with Crippen LogP contribution in [0.1, 0.15) is 12.0 Å². The lowest BCUT2D eigenvalue weighted by Gasteiger charge is -2.17. The van der Waals surface area contributed by atoms with Crippen LogP contribution in [-0.2, 0) is 19.6 Å². The van der Waals surface area contributed by atoms with Crippen LogP contribution < -0.4 is 14.9 Å². The first-order chi connectivity index (χ1) is 13.8. The summed E-state index contributed by atoms with van der Waals surface area (Å²) in [6.45, 7) is 2.04. The largest absolute Gasteiger partial charge is 0.354 e. The zero-order chi connectivity index (χ0) is 21.0. The van der Waals surface area contributed by atoms with Crippen molar-refractivity contribution in [1.82, 2.24) is 10.0 Å². The molecule has 1 heterocycles. The molecule has 0 aromatic heterocycles. The van der Waals surface area contributed by atoms with Gasteiger partial charge in [-0.25, -0.2) is 17.5 Å². The quantitative estimate of drug-likeness (QED) is 0.666. The molecule has 0 spiro atoms. The number of amides is 2. The highest BCUT2D eigenvalue weighted by atomic mass is 32.2. The summed E-state index contributed by atoms with van der Waals surface area (Å²) in [6.07, 6.45) is -0.0186. The fourth-order valence-electron chi connectivity index (χ4n) is 3.10. The summed E-state index contributed by atoms with van der Waals surface area (Å²) in [5.41, 5.74) is 1.10. The maximum Gasteiger partial charge on any atom is 0.240 e. The zero-order valence-electron chi connectivity index (χ0n) is 15.9. The van der Waals surface area contributed by atoms with Crippen LogP contribution in [0.5, 0.6) is 0 Å². The van der Waals surface area contributed by atoms with E-state index in [2.05, 4.69) is 10.0 Å². The molecule has 1 saturated heterocycles. The van der Waals surface area contributed by atoms with Crippen LogP contribution in [0.25, 0.3) is 0 Å². The number of rotatable bonds is 7. The van der Waals surface area contributed by atoms with Crippen molar-refractivity contribution in [2.75, 3.05) is 24.5 Å². The van der Waals surface area contributed by atoms with E-state index in [1.807, 2.05) is 6.92 Å². The van der Waals surface area contributed by atoms with Gasteiger partial charge in [-0.3, -0.25) is 9.59 Å². The first-order valence-electron chi connectivity index (χ1n) is 9.17. The van der Waals surface area contributed by atoms with Crippen LogP contribution in [0, 0.1) is 18.7 Å². The van der Waals surface area contributed by atoms with Crippen LogP contribution in [-0.4, -0.2) is 39.9 Å². The van der Waals surface area contributed by atoms with E-state index >= 15 is 0 Å². The molecule has 2 amide bonds. The smallest absolute Gasteiger partial charge is 0.240 e. The van der Waals surface area contributed by atoms with Crippen LogP contribution in [0.3, 0.4) is 0 Å². The van der Waals surface area contributed by atoms with E-state index < -0.39 is 21.8 Å². The molecule has 3 rings (SSSR count). The zero-order valence-corrected chi connectivity index (χ0v) is 16.7. The molecule has 2 aromatic rings. The number of sulfonamides is 1. The lowest BCUT2D eigenvalue weighted by atomic mass is 10.1. The van der Waals surface area contributed by atoms with Gasteiger partial charge in [-0.05, 0) is 31.2 Å². The van der Waals surface area contributed by atoms with E-state index in [9.17, 15) is 22.4 Å². The number of nitrogens with zero attached hydrogens (tertiary/aromatic N) is 1. The Bertz CT molecular complexity index is 1010. The highest BCUT2D eigenvalue weighted by Crippen LogP contribution is 2.27. The fraction of sp³-hybridized carbons (Fsp3) is 0.300. The van der Waals surface area contributed by atoms with Gasteiger partial charge in [0.15, 0.2) is 0 Å². The fourth-order valence-corrected chi connectivity index (χ4v) is 4.13. The van der Waals surface area contributed by atoms with Crippen LogP contribution >= 0.6 is 0 Å². The number of aryl methyl sites for hydroxylation is 1. The third-order valence-corrected chi connectivity index (χ3v) is 6.16. The summed E-state index contributed by atoms with van der Waals surface area (Å²) in [5, 5.41) is 2.63. The minimum Gasteiger partial charge on any atom is -0.354 e. The van der Waals surface area contributed by atoms with Crippen LogP contribution in [0.15, 0.2) is 53.4 Å². The topological polar surface area (TPSA) is 95.6 Å². The normalized spacial score (nSPS) is 16.8. The summed E-state index contributed by atoms with van der Waals surface area (Å²) in [7, 11) is -3.66. The molecular weight excluding hydrogens is 397 g/mol. The molecule has 1 aliphatic rings. The first kappa shape index (κ1) is 20.9. The molecule has 9 heteroatoms. The second kappa shape index (κ2) is 8.71. The van der Waals surface area contributed by atoms with Crippen molar-refractivity contribution in [3.8, 4) is 0 Å². The third-order valence-electron chi connectivity index (χ3n) is 4.69. The lowest BCUT2D eigenvalue weighted by Crippen LogP contribution is -2.38. The van der Waals surface area contributed by atoms with Crippen LogP contribution in [0.2, 0.25) is 0 Å². The number of benzene rings is 2. The summed E-state index contributed by atoms with van der Waals surface area (Å²) < 4.78 is 40.7. The van der Waals surface area contributed by atoms with Gasteiger partial charge in [-0.1, -0.05) is 29.8 Å². The predicted molar refractivity (Wildman–Crippen MR) is 106 cm³/mol. The summed E-state index contributed by atoms with van der Waals surface area (Å²) >= 11 is 0. The van der Waals surface area contributed by atoms with E-state index in [1.54, 1.807) is 18.2 Å². The summed E-state index contributed by atoms with van der Waals surface area (Å²) in [4.78, 5) is 25.9. The Balaban J connectivity index is 1.49. The Hall–Kier alpha value is -2.78. The molecule has 154 valence electrons. The van der Waals surface area contributed by atoms with Gasteiger partial charge in [0.05, 0.1) is 16.5 Å². The van der Waals surface area contributed by atoms with E-state index in [4.69, 9.17) is 0 Å². The highest BCUT2D eigenvalue weighted by Gasteiger charge is 2.35. The predicted octanol–water partition coefficient (Wildman–Crippen LogP) is 1.58. The number of carbonyl (C=O) groups excluding carboxylic acids is 2. The number of hydrogen-bond donors (Lipinski definition) is 2. The molecule has 2 aromatic carbocycles. The van der Waals surface area contributed by atoms with Gasteiger partial charge < -0.3 is 10.2 Å². The second-order valence-corrected chi connectivity index (χ2v) is 8.63. The van der Waals surface area contributed by atoms with E-state index in [1.165, 1.54) is 35.2 Å². The molecular formula is C20H22FN3O4S. The van der Waals surface area contributed by atoms with Crippen molar-refractivity contribution < 1.29 is 22.4 Å². The van der Waals surface area contributed by atoms with E-state index in [0.717, 1.165) is 5.56 Å². The van der Waals surface area contributed by atoms with Crippen LogP contribution in [0.4, 0.5) is 10.1 Å². The first-order valence-corrected chi connectivity index (χ1v) is 10.6. The van der Waals surface area contributed by atoms with Crippen molar-refractivity contribution in [2.24, 2.45) is 5.92 Å². The molecule has 29 heavy (non-hydrogen) atoms. The number of anilines is 1. The molecule has 2 N–H and O–H groups in total. The van der Waals surface area contributed by atoms with Gasteiger partial charge in [-0.2, -0.15) is 0 Å². The molecule has 0 radical (unpaired) electrons. The Labute approximate surface area is 169 Å². The summed E-state index contributed by atoms with van der Waals surface area (Å²) in [5.74, 6) is -1.83. The van der Waals surface area contributed by atoms with Gasteiger partial charge in [0, 0.05) is 26.1 Å². The average molecular weight is 419 g/mol. The maximum absolute atomic E-state index is 13.9. The van der Waals surface area contributed by atoms with Gasteiger partial charge in [0.25, 0.3) is 0 Å². The minimum absolute atomic E-state index is 0.0135. The van der Waals surface area contributed by atoms with Crippen molar-refractivity contribution in [2.45, 2.75) is 18.2 Å². The minimum atomic E-state index is -3.66.